The van der Waals surface area contributed by atoms with Crippen molar-refractivity contribution in [3.63, 3.8) is 0 Å². The van der Waals surface area contributed by atoms with Crippen molar-refractivity contribution in [3.05, 3.63) is 65.7 Å². The average Bonchev–Trinajstić information content (AvgIpc) is 2.98. The van der Waals surface area contributed by atoms with Crippen molar-refractivity contribution in [2.24, 2.45) is 0 Å². The van der Waals surface area contributed by atoms with Crippen LogP contribution < -0.4 is 4.74 Å². The van der Waals surface area contributed by atoms with Crippen LogP contribution in [0.3, 0.4) is 0 Å². The van der Waals surface area contributed by atoms with E-state index in [4.69, 9.17) is 28.4 Å². The summed E-state index contributed by atoms with van der Waals surface area (Å²) in [5, 5.41) is 0. The van der Waals surface area contributed by atoms with Gasteiger partial charge in [0.25, 0.3) is 0 Å². The maximum Gasteiger partial charge on any atom is 0.303 e. The summed E-state index contributed by atoms with van der Waals surface area (Å²) in [7, 11) is 1.64. The van der Waals surface area contributed by atoms with Crippen LogP contribution in [0, 0.1) is 0 Å². The summed E-state index contributed by atoms with van der Waals surface area (Å²) in [6.45, 7) is 2.96. The zero-order valence-electron chi connectivity index (χ0n) is 17.8. The molecule has 7 heteroatoms. The molecule has 2 aliphatic heterocycles. The van der Waals surface area contributed by atoms with E-state index in [0.717, 1.165) is 16.9 Å². The lowest BCUT2D eigenvalue weighted by molar-refractivity contribution is -0.250. The molecule has 2 aliphatic rings. The van der Waals surface area contributed by atoms with Crippen LogP contribution in [0.4, 0.5) is 0 Å². The topological polar surface area (TPSA) is 72.5 Å². The Morgan fingerprint density at radius 1 is 1.06 bits per heavy atom. The van der Waals surface area contributed by atoms with Gasteiger partial charge in [-0.25, -0.2) is 0 Å². The summed E-state index contributed by atoms with van der Waals surface area (Å²) in [5.41, 5.74) is 1.31. The number of carbonyl (C=O) groups is 1. The molecule has 2 saturated heterocycles. The molecule has 7 nitrogen and oxygen atoms in total. The predicted octanol–water partition coefficient (Wildman–Crippen LogP) is 3.24. The van der Waals surface area contributed by atoms with E-state index in [1.807, 2.05) is 54.6 Å². The summed E-state index contributed by atoms with van der Waals surface area (Å²) in [6, 6.07) is 17.6. The predicted molar refractivity (Wildman–Crippen MR) is 111 cm³/mol. The number of methoxy groups -OCH3 is 1. The Morgan fingerprint density at radius 3 is 2.52 bits per heavy atom. The van der Waals surface area contributed by atoms with Gasteiger partial charge in [-0.15, -0.1) is 0 Å². The Morgan fingerprint density at radius 2 is 1.81 bits per heavy atom. The van der Waals surface area contributed by atoms with E-state index in [1.165, 1.54) is 6.92 Å². The number of fused-ring (bicyclic) bond motifs is 2. The first-order valence-electron chi connectivity index (χ1n) is 10.4. The number of esters is 1. The second kappa shape index (κ2) is 9.78. The summed E-state index contributed by atoms with van der Waals surface area (Å²) in [5.74, 6) is 0.403. The molecule has 2 heterocycles. The van der Waals surface area contributed by atoms with E-state index in [9.17, 15) is 4.79 Å². The number of ether oxygens (including phenoxy) is 6. The van der Waals surface area contributed by atoms with Gasteiger partial charge in [0.1, 0.15) is 17.5 Å². The van der Waals surface area contributed by atoms with Crippen LogP contribution in [0.25, 0.3) is 0 Å². The smallest absolute Gasteiger partial charge is 0.303 e. The van der Waals surface area contributed by atoms with E-state index in [1.54, 1.807) is 7.11 Å². The lowest BCUT2D eigenvalue weighted by atomic mass is 9.93. The summed E-state index contributed by atoms with van der Waals surface area (Å²) < 4.78 is 35.0. The minimum absolute atomic E-state index is 0.302. The van der Waals surface area contributed by atoms with Crippen LogP contribution in [0.5, 0.6) is 5.75 Å². The third-order valence-electron chi connectivity index (χ3n) is 5.59. The number of benzene rings is 2. The molecule has 0 amide bonds. The quantitative estimate of drug-likeness (QED) is 0.568. The second-order valence-electron chi connectivity index (χ2n) is 7.80. The van der Waals surface area contributed by atoms with E-state index in [2.05, 4.69) is 0 Å². The van der Waals surface area contributed by atoms with Crippen molar-refractivity contribution in [2.45, 2.75) is 50.7 Å². The molecule has 2 aromatic rings. The van der Waals surface area contributed by atoms with Gasteiger partial charge in [0.2, 0.25) is 0 Å². The monoisotopic (exact) mass is 428 g/mol. The van der Waals surface area contributed by atoms with Crippen LogP contribution in [-0.4, -0.2) is 50.4 Å². The zero-order valence-corrected chi connectivity index (χ0v) is 17.8. The molecule has 0 N–H and O–H groups in total. The second-order valence-corrected chi connectivity index (χ2v) is 7.80. The molecule has 31 heavy (non-hydrogen) atoms. The number of hydrogen-bond acceptors (Lipinski definition) is 7. The summed E-state index contributed by atoms with van der Waals surface area (Å²) in [4.78, 5) is 11.7. The number of rotatable bonds is 9. The van der Waals surface area contributed by atoms with Gasteiger partial charge in [0, 0.05) is 13.3 Å². The molecule has 0 radical (unpaired) electrons. The van der Waals surface area contributed by atoms with Crippen LogP contribution in [0.15, 0.2) is 54.6 Å². The highest BCUT2D eigenvalue weighted by molar-refractivity contribution is 5.66. The Hall–Kier alpha value is -2.45. The molecule has 0 aromatic heterocycles. The zero-order chi connectivity index (χ0) is 21.7. The van der Waals surface area contributed by atoms with Gasteiger partial charge < -0.3 is 28.4 Å². The highest BCUT2D eigenvalue weighted by atomic mass is 16.8. The molecule has 4 rings (SSSR count). The maximum atomic E-state index is 11.7. The van der Waals surface area contributed by atoms with Gasteiger partial charge in [0.05, 0.1) is 33.5 Å². The third kappa shape index (κ3) is 5.07. The van der Waals surface area contributed by atoms with Crippen LogP contribution in [0.2, 0.25) is 0 Å². The van der Waals surface area contributed by atoms with Gasteiger partial charge in [-0.3, -0.25) is 4.79 Å². The molecule has 0 spiro atoms. The van der Waals surface area contributed by atoms with Crippen LogP contribution in [0.1, 0.15) is 24.5 Å². The lowest BCUT2D eigenvalue weighted by Crippen LogP contribution is -2.49. The highest BCUT2D eigenvalue weighted by Crippen LogP contribution is 2.42. The Kier molecular flexibility index (Phi) is 6.87. The fourth-order valence-electron chi connectivity index (χ4n) is 4.05. The standard InChI is InChI=1S/C24H28O7/c1-17(25)30-21-22(29-15-18-6-4-3-5-7-18)24(12-13-28-23(21)31-24)16-27-14-19-8-10-20(26-2)11-9-19/h3-11,21-23H,12-16H2,1-2H3/t21-,22-,23-,24+/m1/s1. The minimum Gasteiger partial charge on any atom is -0.497 e. The SMILES string of the molecule is COc1ccc(COC[C@]23CCO[C@H](O2)[C@H](OC(C)=O)[C@H]3OCc2ccccc2)cc1. The van der Waals surface area contributed by atoms with Gasteiger partial charge in [-0.2, -0.15) is 0 Å². The molecule has 2 fully saturated rings. The summed E-state index contributed by atoms with van der Waals surface area (Å²) in [6.07, 6.45) is -1.22. The highest BCUT2D eigenvalue weighted by Gasteiger charge is 2.60. The normalized spacial score (nSPS) is 27.1. The minimum atomic E-state index is -0.746. The van der Waals surface area contributed by atoms with Gasteiger partial charge >= 0.3 is 5.97 Å². The van der Waals surface area contributed by atoms with Gasteiger partial charge in [0.15, 0.2) is 12.4 Å². The Balaban J connectivity index is 1.46. The summed E-state index contributed by atoms with van der Waals surface area (Å²) >= 11 is 0. The molecular weight excluding hydrogens is 400 g/mol. The lowest BCUT2D eigenvalue weighted by Gasteiger charge is -2.35. The van der Waals surface area contributed by atoms with Gasteiger partial charge in [-0.05, 0) is 23.3 Å². The fourth-order valence-corrected chi connectivity index (χ4v) is 4.05. The molecular formula is C24H28O7. The Bertz CT molecular complexity index is 854. The molecule has 0 unspecified atom stereocenters. The molecule has 4 atom stereocenters. The Labute approximate surface area is 182 Å². The van der Waals surface area contributed by atoms with Crippen molar-refractivity contribution in [3.8, 4) is 5.75 Å². The third-order valence-corrected chi connectivity index (χ3v) is 5.59. The molecule has 2 aromatic carbocycles. The fraction of sp³-hybridized carbons (Fsp3) is 0.458. The van der Waals surface area contributed by atoms with Crippen molar-refractivity contribution in [1.29, 1.82) is 0 Å². The average molecular weight is 428 g/mol. The van der Waals surface area contributed by atoms with Crippen LogP contribution in [-0.2, 0) is 41.7 Å². The van der Waals surface area contributed by atoms with Crippen molar-refractivity contribution < 1.29 is 33.2 Å². The molecule has 0 saturated carbocycles. The molecule has 2 bridgehead atoms. The first kappa shape index (κ1) is 21.8. The van der Waals surface area contributed by atoms with Gasteiger partial charge in [-0.1, -0.05) is 42.5 Å². The molecule has 166 valence electrons. The van der Waals surface area contributed by atoms with Crippen LogP contribution >= 0.6 is 0 Å². The first-order chi connectivity index (χ1) is 15.1. The first-order valence-corrected chi connectivity index (χ1v) is 10.4. The number of carbonyl (C=O) groups excluding carboxylic acids is 1. The van der Waals surface area contributed by atoms with E-state index < -0.39 is 30.1 Å². The van der Waals surface area contributed by atoms with Crippen molar-refractivity contribution in [1.82, 2.24) is 0 Å². The van der Waals surface area contributed by atoms with E-state index in [-0.39, 0.29) is 0 Å². The van der Waals surface area contributed by atoms with Crippen molar-refractivity contribution in [2.75, 3.05) is 20.3 Å². The van der Waals surface area contributed by atoms with E-state index >= 15 is 0 Å². The number of hydrogen-bond donors (Lipinski definition) is 0. The largest absolute Gasteiger partial charge is 0.497 e. The van der Waals surface area contributed by atoms with E-state index in [0.29, 0.717) is 32.8 Å². The maximum absolute atomic E-state index is 11.7. The van der Waals surface area contributed by atoms with Crippen molar-refractivity contribution >= 4 is 5.97 Å². The molecule has 0 aliphatic carbocycles.